The summed E-state index contributed by atoms with van der Waals surface area (Å²) in [6, 6.07) is 6.77. The molecular formula is C31H47N3O2. The lowest BCUT2D eigenvalue weighted by Crippen LogP contribution is -2.41. The van der Waals surface area contributed by atoms with E-state index in [-0.39, 0.29) is 5.91 Å². The Morgan fingerprint density at radius 1 is 1.11 bits per heavy atom. The zero-order valence-electron chi connectivity index (χ0n) is 23.4. The van der Waals surface area contributed by atoms with Crippen molar-refractivity contribution in [3.8, 4) is 0 Å². The standard InChI is InChI=1S/C16H26.C15H21N3O2/c1-5-7-11-15(9-6-2)16-12-8-10-13(3)14(16)4;1-11(2)10-18-13-5-3-4-12(13)14(16-18)15(19)17-6-8-20-9-7-17/h8,10,12,15H,5-7,9,11H2,1-4H3;1,3-10H2,2H3. The Labute approximate surface area is 218 Å². The topological polar surface area (TPSA) is 47.4 Å². The van der Waals surface area contributed by atoms with Crippen LogP contribution in [0.5, 0.6) is 0 Å². The van der Waals surface area contributed by atoms with Crippen molar-refractivity contribution in [1.29, 1.82) is 0 Å². The first kappa shape index (κ1) is 28.2. The van der Waals surface area contributed by atoms with Gasteiger partial charge in [-0.2, -0.15) is 5.10 Å². The van der Waals surface area contributed by atoms with Crippen LogP contribution in [0.25, 0.3) is 0 Å². The first-order valence-corrected chi connectivity index (χ1v) is 14.0. The highest BCUT2D eigenvalue weighted by Crippen LogP contribution is 2.30. The van der Waals surface area contributed by atoms with Gasteiger partial charge in [-0.25, -0.2) is 0 Å². The van der Waals surface area contributed by atoms with Crippen LogP contribution < -0.4 is 0 Å². The molecule has 1 aliphatic carbocycles. The molecule has 5 heteroatoms. The largest absolute Gasteiger partial charge is 0.378 e. The van der Waals surface area contributed by atoms with Crippen molar-refractivity contribution in [2.75, 3.05) is 26.3 Å². The lowest BCUT2D eigenvalue weighted by molar-refractivity contribution is 0.0297. The summed E-state index contributed by atoms with van der Waals surface area (Å²) >= 11 is 0. The maximum Gasteiger partial charge on any atom is 0.274 e. The van der Waals surface area contributed by atoms with Gasteiger partial charge in [0, 0.05) is 24.3 Å². The molecular weight excluding hydrogens is 446 g/mol. The molecule has 1 saturated heterocycles. The number of unbranched alkanes of at least 4 members (excludes halogenated alkanes) is 1. The number of aromatic nitrogens is 2. The molecule has 1 unspecified atom stereocenters. The monoisotopic (exact) mass is 493 g/mol. The minimum atomic E-state index is 0.0620. The molecule has 0 bridgehead atoms. The number of hydrogen-bond acceptors (Lipinski definition) is 3. The van der Waals surface area contributed by atoms with Crippen molar-refractivity contribution in [3.63, 3.8) is 0 Å². The number of fused-ring (bicyclic) bond motifs is 1. The van der Waals surface area contributed by atoms with Crippen molar-refractivity contribution in [1.82, 2.24) is 14.7 Å². The van der Waals surface area contributed by atoms with Crippen molar-refractivity contribution >= 4 is 5.91 Å². The molecule has 2 heterocycles. The van der Waals surface area contributed by atoms with Gasteiger partial charge in [0.1, 0.15) is 0 Å². The molecule has 1 aromatic carbocycles. The number of amides is 1. The van der Waals surface area contributed by atoms with E-state index < -0.39 is 0 Å². The van der Waals surface area contributed by atoms with Gasteiger partial charge in [0.2, 0.25) is 0 Å². The van der Waals surface area contributed by atoms with Gasteiger partial charge in [-0.1, -0.05) is 63.5 Å². The van der Waals surface area contributed by atoms with Crippen LogP contribution in [0.2, 0.25) is 0 Å². The number of aryl methyl sites for hydroxylation is 1. The van der Waals surface area contributed by atoms with E-state index in [0.717, 1.165) is 36.3 Å². The van der Waals surface area contributed by atoms with Crippen LogP contribution in [0.4, 0.5) is 0 Å². The zero-order valence-corrected chi connectivity index (χ0v) is 23.4. The van der Waals surface area contributed by atoms with Gasteiger partial charge in [-0.3, -0.25) is 9.48 Å². The van der Waals surface area contributed by atoms with Crippen LogP contribution in [0.1, 0.15) is 104 Å². The third-order valence-electron chi connectivity index (χ3n) is 7.56. The fourth-order valence-corrected chi connectivity index (χ4v) is 5.45. The predicted octanol–water partition coefficient (Wildman–Crippen LogP) is 6.80. The third-order valence-corrected chi connectivity index (χ3v) is 7.56. The Kier molecular flexibility index (Phi) is 10.8. The lowest BCUT2D eigenvalue weighted by Gasteiger charge is -2.26. The van der Waals surface area contributed by atoms with Crippen LogP contribution in [0.3, 0.4) is 0 Å². The maximum absolute atomic E-state index is 12.6. The summed E-state index contributed by atoms with van der Waals surface area (Å²) in [4.78, 5) is 14.5. The second-order valence-corrected chi connectivity index (χ2v) is 10.6. The van der Waals surface area contributed by atoms with E-state index in [4.69, 9.17) is 4.74 Å². The van der Waals surface area contributed by atoms with Gasteiger partial charge in [0.05, 0.1) is 19.8 Å². The molecule has 1 aliphatic heterocycles. The second-order valence-electron chi connectivity index (χ2n) is 10.6. The molecule has 1 amide bonds. The highest BCUT2D eigenvalue weighted by molar-refractivity contribution is 5.94. The van der Waals surface area contributed by atoms with Crippen LogP contribution in [-0.4, -0.2) is 46.9 Å². The lowest BCUT2D eigenvalue weighted by atomic mass is 9.86. The summed E-state index contributed by atoms with van der Waals surface area (Å²) < 4.78 is 7.28. The van der Waals surface area contributed by atoms with E-state index in [0.29, 0.717) is 38.5 Å². The van der Waals surface area contributed by atoms with E-state index in [1.807, 2.05) is 16.5 Å². The summed E-state index contributed by atoms with van der Waals surface area (Å²) in [5.41, 5.74) is 8.64. The normalized spacial score (nSPS) is 15.8. The smallest absolute Gasteiger partial charge is 0.274 e. The number of nitrogens with zero attached hydrogens (tertiary/aromatic N) is 3. The van der Waals surface area contributed by atoms with Crippen molar-refractivity contribution < 1.29 is 9.53 Å². The molecule has 36 heavy (non-hydrogen) atoms. The molecule has 0 saturated carbocycles. The minimum Gasteiger partial charge on any atom is -0.378 e. The average molecular weight is 494 g/mol. The molecule has 0 spiro atoms. The molecule has 1 atom stereocenters. The SMILES string of the molecule is C=C(C)Cn1nc(C(=O)N2CCOCC2)c2c1CCC2.CCCCC(CCC)c1cccc(C)c1C. The Bertz CT molecular complexity index is 1020. The highest BCUT2D eigenvalue weighted by Gasteiger charge is 2.29. The second kappa shape index (κ2) is 13.8. The van der Waals surface area contributed by atoms with E-state index in [9.17, 15) is 4.79 Å². The number of benzene rings is 1. The summed E-state index contributed by atoms with van der Waals surface area (Å²) in [6.45, 7) is 18.3. The molecule has 0 radical (unpaired) electrons. The summed E-state index contributed by atoms with van der Waals surface area (Å²) in [5.74, 6) is 0.844. The van der Waals surface area contributed by atoms with E-state index in [1.54, 1.807) is 5.56 Å². The number of morpholine rings is 1. The van der Waals surface area contributed by atoms with Crippen LogP contribution >= 0.6 is 0 Å². The van der Waals surface area contributed by atoms with E-state index in [1.165, 1.54) is 48.9 Å². The Balaban J connectivity index is 0.000000207. The predicted molar refractivity (Wildman–Crippen MR) is 149 cm³/mol. The summed E-state index contributed by atoms with van der Waals surface area (Å²) in [6.07, 6.45) is 9.76. The summed E-state index contributed by atoms with van der Waals surface area (Å²) in [7, 11) is 0. The number of hydrogen-bond donors (Lipinski definition) is 0. The van der Waals surface area contributed by atoms with E-state index in [2.05, 4.69) is 57.6 Å². The summed E-state index contributed by atoms with van der Waals surface area (Å²) in [5, 5.41) is 4.57. The number of rotatable bonds is 9. The Morgan fingerprint density at radius 2 is 1.86 bits per heavy atom. The van der Waals surface area contributed by atoms with Crippen LogP contribution in [0.15, 0.2) is 30.4 Å². The van der Waals surface area contributed by atoms with Crippen LogP contribution in [-0.2, 0) is 24.1 Å². The molecule has 198 valence electrons. The quantitative estimate of drug-likeness (QED) is 0.361. The fraction of sp³-hybridized carbons (Fsp3) is 0.613. The first-order valence-electron chi connectivity index (χ1n) is 14.0. The molecule has 1 aromatic heterocycles. The van der Waals surface area contributed by atoms with Crippen molar-refractivity contribution in [3.05, 3.63) is 64.0 Å². The van der Waals surface area contributed by atoms with Crippen molar-refractivity contribution in [2.24, 2.45) is 0 Å². The minimum absolute atomic E-state index is 0.0620. The van der Waals surface area contributed by atoms with E-state index >= 15 is 0 Å². The first-order chi connectivity index (χ1) is 17.4. The van der Waals surface area contributed by atoms with Crippen LogP contribution in [0, 0.1) is 13.8 Å². The van der Waals surface area contributed by atoms with Gasteiger partial charge in [0.25, 0.3) is 5.91 Å². The average Bonchev–Trinajstić information content (AvgIpc) is 3.48. The number of allylic oxidation sites excluding steroid dienone is 1. The fourth-order valence-electron chi connectivity index (χ4n) is 5.45. The Morgan fingerprint density at radius 3 is 2.53 bits per heavy atom. The third kappa shape index (κ3) is 7.09. The molecule has 5 nitrogen and oxygen atoms in total. The van der Waals surface area contributed by atoms with Gasteiger partial charge < -0.3 is 9.64 Å². The van der Waals surface area contributed by atoms with Gasteiger partial charge >= 0.3 is 0 Å². The maximum atomic E-state index is 12.6. The number of carbonyl (C=O) groups is 1. The molecule has 0 N–H and O–H groups in total. The molecule has 4 rings (SSSR count). The molecule has 2 aliphatic rings. The molecule has 1 fully saturated rings. The van der Waals surface area contributed by atoms with Gasteiger partial charge in [0.15, 0.2) is 5.69 Å². The molecule has 2 aromatic rings. The van der Waals surface area contributed by atoms with Gasteiger partial charge in [-0.15, -0.1) is 0 Å². The Hall–Kier alpha value is -2.40. The highest BCUT2D eigenvalue weighted by atomic mass is 16.5. The zero-order chi connectivity index (χ0) is 26.1. The number of ether oxygens (including phenoxy) is 1. The van der Waals surface area contributed by atoms with Crippen molar-refractivity contribution in [2.45, 2.75) is 98.4 Å². The van der Waals surface area contributed by atoms with Gasteiger partial charge in [-0.05, 0) is 75.5 Å². The number of carbonyl (C=O) groups excluding carboxylic acids is 1.